The predicted molar refractivity (Wildman–Crippen MR) is 72.9 cm³/mol. The van der Waals surface area contributed by atoms with Crippen LogP contribution < -0.4 is 4.74 Å². The van der Waals surface area contributed by atoms with Crippen molar-refractivity contribution in [3.05, 3.63) is 46.3 Å². The van der Waals surface area contributed by atoms with E-state index in [4.69, 9.17) is 4.74 Å². The number of hydrogen-bond acceptors (Lipinski definition) is 3. The van der Waals surface area contributed by atoms with Crippen molar-refractivity contribution in [1.29, 1.82) is 0 Å². The highest BCUT2D eigenvalue weighted by Crippen LogP contribution is 2.30. The second-order valence-corrected chi connectivity index (χ2v) is 5.29. The van der Waals surface area contributed by atoms with Gasteiger partial charge in [0.15, 0.2) is 0 Å². The Morgan fingerprint density at radius 3 is 2.89 bits per heavy atom. The number of aromatic nitrogens is 2. The summed E-state index contributed by atoms with van der Waals surface area (Å²) >= 11 is 3.44. The first kappa shape index (κ1) is 11.7. The Labute approximate surface area is 114 Å². The summed E-state index contributed by atoms with van der Waals surface area (Å²) < 4.78 is 6.88. The van der Waals surface area contributed by atoms with Gasteiger partial charge in [0.05, 0.1) is 5.69 Å². The highest BCUT2D eigenvalue weighted by molar-refractivity contribution is 9.10. The van der Waals surface area contributed by atoms with Crippen LogP contribution in [0.2, 0.25) is 0 Å². The molecule has 1 aliphatic carbocycles. The van der Waals surface area contributed by atoms with Crippen molar-refractivity contribution < 1.29 is 4.74 Å². The monoisotopic (exact) mass is 304 g/mol. The lowest BCUT2D eigenvalue weighted by molar-refractivity contribution is 0.446. The fourth-order valence-corrected chi connectivity index (χ4v) is 2.60. The van der Waals surface area contributed by atoms with E-state index < -0.39 is 0 Å². The van der Waals surface area contributed by atoms with Crippen molar-refractivity contribution >= 4 is 15.9 Å². The van der Waals surface area contributed by atoms with Crippen LogP contribution in [0.1, 0.15) is 24.1 Å². The smallest absolute Gasteiger partial charge is 0.225 e. The van der Waals surface area contributed by atoms with E-state index in [1.165, 1.54) is 18.4 Å². The Hall–Kier alpha value is -1.42. The molecule has 1 heterocycles. The van der Waals surface area contributed by atoms with Gasteiger partial charge in [-0.25, -0.2) is 9.97 Å². The molecule has 0 saturated heterocycles. The van der Waals surface area contributed by atoms with Crippen molar-refractivity contribution in [2.24, 2.45) is 0 Å². The van der Waals surface area contributed by atoms with Gasteiger partial charge in [0, 0.05) is 10.0 Å². The highest BCUT2D eigenvalue weighted by atomic mass is 79.9. The third-order valence-electron chi connectivity index (χ3n) is 3.10. The van der Waals surface area contributed by atoms with Gasteiger partial charge in [0.2, 0.25) is 5.88 Å². The van der Waals surface area contributed by atoms with Gasteiger partial charge in [-0.2, -0.15) is 0 Å². The summed E-state index contributed by atoms with van der Waals surface area (Å²) in [5.41, 5.74) is 2.31. The van der Waals surface area contributed by atoms with Crippen LogP contribution in [-0.2, 0) is 12.8 Å². The van der Waals surface area contributed by atoms with Crippen LogP contribution in [-0.4, -0.2) is 9.97 Å². The maximum Gasteiger partial charge on any atom is 0.225 e. The van der Waals surface area contributed by atoms with Gasteiger partial charge in [-0.1, -0.05) is 22.0 Å². The number of rotatable bonds is 2. The average molecular weight is 305 g/mol. The molecule has 0 saturated carbocycles. The molecule has 1 aromatic heterocycles. The summed E-state index contributed by atoms with van der Waals surface area (Å²) in [7, 11) is 0. The fourth-order valence-electron chi connectivity index (χ4n) is 2.22. The van der Waals surface area contributed by atoms with Gasteiger partial charge in [0.25, 0.3) is 0 Å². The van der Waals surface area contributed by atoms with Gasteiger partial charge in [-0.3, -0.25) is 0 Å². The molecule has 4 heteroatoms. The SMILES string of the molecule is Brc1cccc(Oc2ncnc3c2CCCC3)c1. The Balaban J connectivity index is 1.93. The molecule has 0 spiro atoms. The van der Waals surface area contributed by atoms with Crippen molar-refractivity contribution in [3.63, 3.8) is 0 Å². The van der Waals surface area contributed by atoms with Gasteiger partial charge < -0.3 is 4.74 Å². The first-order chi connectivity index (χ1) is 8.83. The summed E-state index contributed by atoms with van der Waals surface area (Å²) in [5, 5.41) is 0. The van der Waals surface area contributed by atoms with Crippen LogP contribution in [0.15, 0.2) is 35.1 Å². The largest absolute Gasteiger partial charge is 0.439 e. The van der Waals surface area contributed by atoms with E-state index in [0.717, 1.165) is 28.8 Å². The molecule has 0 atom stereocenters. The molecule has 0 amide bonds. The first-order valence-electron chi connectivity index (χ1n) is 6.09. The molecular weight excluding hydrogens is 292 g/mol. The standard InChI is InChI=1S/C14H13BrN2O/c15-10-4-3-5-11(8-10)18-14-12-6-1-2-7-13(12)16-9-17-14/h3-5,8-9H,1-2,6-7H2. The topological polar surface area (TPSA) is 35.0 Å². The summed E-state index contributed by atoms with van der Waals surface area (Å²) in [6, 6.07) is 7.80. The van der Waals surface area contributed by atoms with E-state index in [1.807, 2.05) is 24.3 Å². The lowest BCUT2D eigenvalue weighted by Gasteiger charge is -2.17. The zero-order valence-corrected chi connectivity index (χ0v) is 11.5. The second-order valence-electron chi connectivity index (χ2n) is 4.37. The number of fused-ring (bicyclic) bond motifs is 1. The van der Waals surface area contributed by atoms with Crippen molar-refractivity contribution in [2.45, 2.75) is 25.7 Å². The second kappa shape index (κ2) is 5.06. The molecule has 0 aliphatic heterocycles. The van der Waals surface area contributed by atoms with Gasteiger partial charge >= 0.3 is 0 Å². The number of benzene rings is 1. The van der Waals surface area contributed by atoms with E-state index in [2.05, 4.69) is 25.9 Å². The first-order valence-corrected chi connectivity index (χ1v) is 6.88. The van der Waals surface area contributed by atoms with E-state index >= 15 is 0 Å². The normalized spacial score (nSPS) is 14.1. The predicted octanol–water partition coefficient (Wildman–Crippen LogP) is 3.91. The average Bonchev–Trinajstić information content (AvgIpc) is 2.39. The van der Waals surface area contributed by atoms with Gasteiger partial charge in [-0.05, 0) is 43.9 Å². The molecule has 0 radical (unpaired) electrons. The summed E-state index contributed by atoms with van der Waals surface area (Å²) in [6.45, 7) is 0. The summed E-state index contributed by atoms with van der Waals surface area (Å²) in [4.78, 5) is 8.61. The quantitative estimate of drug-likeness (QED) is 0.844. The minimum atomic E-state index is 0.706. The number of aryl methyl sites for hydroxylation is 1. The van der Waals surface area contributed by atoms with Gasteiger partial charge in [-0.15, -0.1) is 0 Å². The molecule has 1 aliphatic rings. The number of hydrogen-bond donors (Lipinski definition) is 0. The lowest BCUT2D eigenvalue weighted by atomic mass is 9.97. The molecule has 18 heavy (non-hydrogen) atoms. The van der Waals surface area contributed by atoms with Crippen molar-refractivity contribution in [1.82, 2.24) is 9.97 Å². The zero-order valence-electron chi connectivity index (χ0n) is 9.90. The van der Waals surface area contributed by atoms with E-state index in [1.54, 1.807) is 6.33 Å². The molecule has 2 aromatic rings. The molecule has 92 valence electrons. The molecule has 0 fully saturated rings. The van der Waals surface area contributed by atoms with E-state index in [0.29, 0.717) is 5.88 Å². The number of halogens is 1. The molecule has 3 rings (SSSR count). The minimum absolute atomic E-state index is 0.706. The van der Waals surface area contributed by atoms with E-state index in [9.17, 15) is 0 Å². The Kier molecular flexibility index (Phi) is 3.28. The van der Waals surface area contributed by atoms with Gasteiger partial charge in [0.1, 0.15) is 12.1 Å². The van der Waals surface area contributed by atoms with Crippen LogP contribution in [0.5, 0.6) is 11.6 Å². The van der Waals surface area contributed by atoms with Crippen molar-refractivity contribution in [3.8, 4) is 11.6 Å². The maximum atomic E-state index is 5.88. The minimum Gasteiger partial charge on any atom is -0.439 e. The maximum absolute atomic E-state index is 5.88. The molecule has 0 N–H and O–H groups in total. The van der Waals surface area contributed by atoms with Crippen molar-refractivity contribution in [2.75, 3.05) is 0 Å². The molecule has 0 bridgehead atoms. The lowest BCUT2D eigenvalue weighted by Crippen LogP contribution is -2.08. The Morgan fingerprint density at radius 2 is 2.00 bits per heavy atom. The molecular formula is C14H13BrN2O. The number of ether oxygens (including phenoxy) is 1. The van der Waals surface area contributed by atoms with Crippen LogP contribution >= 0.6 is 15.9 Å². The molecule has 1 aromatic carbocycles. The van der Waals surface area contributed by atoms with Crippen LogP contribution in [0.25, 0.3) is 0 Å². The zero-order chi connectivity index (χ0) is 12.4. The highest BCUT2D eigenvalue weighted by Gasteiger charge is 2.16. The third kappa shape index (κ3) is 2.38. The molecule has 3 nitrogen and oxygen atoms in total. The van der Waals surface area contributed by atoms with E-state index in [-0.39, 0.29) is 0 Å². The molecule has 0 unspecified atom stereocenters. The fraction of sp³-hybridized carbons (Fsp3) is 0.286. The van der Waals surface area contributed by atoms with Crippen LogP contribution in [0, 0.1) is 0 Å². The summed E-state index contributed by atoms with van der Waals surface area (Å²) in [5.74, 6) is 1.51. The third-order valence-corrected chi connectivity index (χ3v) is 3.59. The Morgan fingerprint density at radius 1 is 1.11 bits per heavy atom. The number of nitrogens with zero attached hydrogens (tertiary/aromatic N) is 2. The summed E-state index contributed by atoms with van der Waals surface area (Å²) in [6.07, 6.45) is 6.04. The van der Waals surface area contributed by atoms with Crippen LogP contribution in [0.3, 0.4) is 0 Å². The Bertz CT molecular complexity index is 571. The van der Waals surface area contributed by atoms with Crippen LogP contribution in [0.4, 0.5) is 0 Å².